The first-order chi connectivity index (χ1) is 9.40. The first-order valence-electron chi connectivity index (χ1n) is 5.97. The number of halogens is 2. The van der Waals surface area contributed by atoms with Crippen LogP contribution in [-0.2, 0) is 0 Å². The van der Waals surface area contributed by atoms with E-state index in [2.05, 4.69) is 15.9 Å². The summed E-state index contributed by atoms with van der Waals surface area (Å²) in [5, 5.41) is 8.01. The van der Waals surface area contributed by atoms with Crippen molar-refractivity contribution in [1.82, 2.24) is 0 Å². The van der Waals surface area contributed by atoms with Crippen LogP contribution in [0.25, 0.3) is 0 Å². The van der Waals surface area contributed by atoms with Crippen LogP contribution in [0.5, 0.6) is 11.5 Å². The first kappa shape index (κ1) is 14.9. The second kappa shape index (κ2) is 5.85. The van der Waals surface area contributed by atoms with Gasteiger partial charge in [0.2, 0.25) is 0 Å². The predicted octanol–water partition coefficient (Wildman–Crippen LogP) is 4.80. The van der Waals surface area contributed by atoms with Gasteiger partial charge in [-0.25, -0.2) is 0 Å². The molecule has 0 amide bonds. The van der Waals surface area contributed by atoms with Crippen LogP contribution in [0.2, 0.25) is 5.02 Å². The molecule has 0 aliphatic rings. The summed E-state index contributed by atoms with van der Waals surface area (Å²) in [6, 6.07) is 9.03. The van der Waals surface area contributed by atoms with Crippen molar-refractivity contribution in [2.24, 2.45) is 5.73 Å². The van der Waals surface area contributed by atoms with E-state index in [1.807, 2.05) is 26.0 Å². The number of nitrogens with one attached hydrogen (secondary N) is 1. The van der Waals surface area contributed by atoms with Crippen molar-refractivity contribution in [2.75, 3.05) is 0 Å². The molecule has 2 aromatic carbocycles. The Morgan fingerprint density at radius 2 is 1.85 bits per heavy atom. The van der Waals surface area contributed by atoms with E-state index in [0.29, 0.717) is 22.1 Å². The third kappa shape index (κ3) is 2.97. The van der Waals surface area contributed by atoms with Crippen LogP contribution in [0, 0.1) is 19.3 Å². The van der Waals surface area contributed by atoms with Gasteiger partial charge in [0.15, 0.2) is 0 Å². The summed E-state index contributed by atoms with van der Waals surface area (Å²) in [4.78, 5) is 0. The Kier molecular flexibility index (Phi) is 4.35. The van der Waals surface area contributed by atoms with Crippen molar-refractivity contribution in [2.45, 2.75) is 13.8 Å². The third-order valence-corrected chi connectivity index (χ3v) is 4.45. The van der Waals surface area contributed by atoms with Crippen LogP contribution in [0.1, 0.15) is 16.7 Å². The highest BCUT2D eigenvalue weighted by atomic mass is 79.9. The van der Waals surface area contributed by atoms with E-state index in [1.165, 1.54) is 0 Å². The Balaban J connectivity index is 2.45. The summed E-state index contributed by atoms with van der Waals surface area (Å²) < 4.78 is 6.90. The van der Waals surface area contributed by atoms with Gasteiger partial charge in [-0.3, -0.25) is 5.41 Å². The highest BCUT2D eigenvalue weighted by Gasteiger charge is 2.13. The zero-order valence-corrected chi connectivity index (χ0v) is 13.5. The highest BCUT2D eigenvalue weighted by Crippen LogP contribution is 2.33. The molecule has 3 N–H and O–H groups in total. The fraction of sp³-hybridized carbons (Fsp3) is 0.133. The van der Waals surface area contributed by atoms with E-state index in [9.17, 15) is 0 Å². The molecule has 0 unspecified atom stereocenters. The lowest BCUT2D eigenvalue weighted by Gasteiger charge is -2.13. The molecule has 0 aromatic heterocycles. The van der Waals surface area contributed by atoms with E-state index < -0.39 is 0 Å². The summed E-state index contributed by atoms with van der Waals surface area (Å²) >= 11 is 9.59. The normalized spacial score (nSPS) is 10.4. The Hall–Kier alpha value is -1.52. The van der Waals surface area contributed by atoms with E-state index in [4.69, 9.17) is 27.5 Å². The SMILES string of the molecule is Cc1cc(Oc2cccc(Cl)c2C(=N)N)cc(C)c1Br. The number of aryl methyl sites for hydroxylation is 2. The van der Waals surface area contributed by atoms with Crippen LogP contribution in [0.3, 0.4) is 0 Å². The number of benzene rings is 2. The van der Waals surface area contributed by atoms with Gasteiger partial charge in [0.1, 0.15) is 17.3 Å². The van der Waals surface area contributed by atoms with Gasteiger partial charge in [-0.2, -0.15) is 0 Å². The molecule has 104 valence electrons. The number of nitrogens with two attached hydrogens (primary N) is 1. The number of ether oxygens (including phenoxy) is 1. The maximum Gasteiger partial charge on any atom is 0.139 e. The minimum atomic E-state index is -0.115. The molecule has 0 atom stereocenters. The largest absolute Gasteiger partial charge is 0.457 e. The van der Waals surface area contributed by atoms with Gasteiger partial charge in [0, 0.05) is 4.47 Å². The number of hydrogen-bond acceptors (Lipinski definition) is 2. The summed E-state index contributed by atoms with van der Waals surface area (Å²) in [5.74, 6) is 1.05. The van der Waals surface area contributed by atoms with Crippen LogP contribution in [0.15, 0.2) is 34.8 Å². The maximum atomic E-state index is 7.61. The lowest BCUT2D eigenvalue weighted by molar-refractivity contribution is 0.480. The van der Waals surface area contributed by atoms with Crippen LogP contribution < -0.4 is 10.5 Å². The summed E-state index contributed by atoms with van der Waals surface area (Å²) in [5.41, 5.74) is 8.12. The number of hydrogen-bond donors (Lipinski definition) is 2. The lowest BCUT2D eigenvalue weighted by Crippen LogP contribution is -2.13. The molecule has 0 spiro atoms. The van der Waals surface area contributed by atoms with Crippen molar-refractivity contribution < 1.29 is 4.74 Å². The molecule has 0 heterocycles. The van der Waals surface area contributed by atoms with Crippen molar-refractivity contribution in [1.29, 1.82) is 5.41 Å². The fourth-order valence-corrected chi connectivity index (χ4v) is 2.44. The first-order valence-corrected chi connectivity index (χ1v) is 7.14. The highest BCUT2D eigenvalue weighted by molar-refractivity contribution is 9.10. The fourth-order valence-electron chi connectivity index (χ4n) is 1.94. The van der Waals surface area contributed by atoms with Crippen LogP contribution >= 0.6 is 27.5 Å². The van der Waals surface area contributed by atoms with Crippen molar-refractivity contribution in [3.05, 3.63) is 56.5 Å². The standard InChI is InChI=1S/C15H14BrClN2O/c1-8-6-10(7-9(2)14(8)16)20-12-5-3-4-11(17)13(12)15(18)19/h3-7H,1-2H3,(H3,18,19). The molecular formula is C15H14BrClN2O. The molecule has 3 nitrogen and oxygen atoms in total. The molecule has 0 aliphatic heterocycles. The maximum absolute atomic E-state index is 7.61. The third-order valence-electron chi connectivity index (χ3n) is 2.88. The molecule has 0 saturated carbocycles. The van der Waals surface area contributed by atoms with Crippen molar-refractivity contribution in [3.63, 3.8) is 0 Å². The van der Waals surface area contributed by atoms with Gasteiger partial charge in [-0.05, 0) is 49.2 Å². The molecule has 5 heteroatoms. The summed E-state index contributed by atoms with van der Waals surface area (Å²) in [6.07, 6.45) is 0. The van der Waals surface area contributed by atoms with Crippen molar-refractivity contribution in [3.8, 4) is 11.5 Å². The second-order valence-corrected chi connectivity index (χ2v) is 5.70. The molecule has 0 saturated heterocycles. The second-order valence-electron chi connectivity index (χ2n) is 4.50. The molecule has 0 bridgehead atoms. The zero-order chi connectivity index (χ0) is 14.9. The molecular weight excluding hydrogens is 340 g/mol. The molecule has 0 fully saturated rings. The van der Waals surface area contributed by atoms with Crippen molar-refractivity contribution >= 4 is 33.4 Å². The molecule has 20 heavy (non-hydrogen) atoms. The smallest absolute Gasteiger partial charge is 0.139 e. The number of rotatable bonds is 3. The number of nitrogen functional groups attached to an aromatic ring is 1. The number of amidine groups is 1. The minimum absolute atomic E-state index is 0.115. The van der Waals surface area contributed by atoms with Crippen LogP contribution in [0.4, 0.5) is 0 Å². The van der Waals surface area contributed by atoms with Gasteiger partial charge in [0.05, 0.1) is 10.6 Å². The van der Waals surface area contributed by atoms with Gasteiger partial charge in [-0.15, -0.1) is 0 Å². The Labute approximate surface area is 131 Å². The van der Waals surface area contributed by atoms with E-state index >= 15 is 0 Å². The van der Waals surface area contributed by atoms with Gasteiger partial charge < -0.3 is 10.5 Å². The minimum Gasteiger partial charge on any atom is -0.457 e. The van der Waals surface area contributed by atoms with E-state index in [0.717, 1.165) is 15.6 Å². The lowest BCUT2D eigenvalue weighted by atomic mass is 10.1. The van der Waals surface area contributed by atoms with E-state index in [-0.39, 0.29) is 5.84 Å². The molecule has 0 radical (unpaired) electrons. The summed E-state index contributed by atoms with van der Waals surface area (Å²) in [6.45, 7) is 3.99. The van der Waals surface area contributed by atoms with Gasteiger partial charge in [-0.1, -0.05) is 33.6 Å². The van der Waals surface area contributed by atoms with Gasteiger partial charge in [0.25, 0.3) is 0 Å². The average Bonchev–Trinajstić information content (AvgIpc) is 2.35. The summed E-state index contributed by atoms with van der Waals surface area (Å²) in [7, 11) is 0. The Bertz CT molecular complexity index is 663. The van der Waals surface area contributed by atoms with Crippen LogP contribution in [-0.4, -0.2) is 5.84 Å². The van der Waals surface area contributed by atoms with E-state index in [1.54, 1.807) is 18.2 Å². The molecule has 0 aliphatic carbocycles. The van der Waals surface area contributed by atoms with Gasteiger partial charge >= 0.3 is 0 Å². The Morgan fingerprint density at radius 1 is 1.25 bits per heavy atom. The topological polar surface area (TPSA) is 59.1 Å². The quantitative estimate of drug-likeness (QED) is 0.615. The molecule has 2 aromatic rings. The zero-order valence-electron chi connectivity index (χ0n) is 11.1. The monoisotopic (exact) mass is 352 g/mol. The predicted molar refractivity (Wildman–Crippen MR) is 86.2 cm³/mol. The molecule has 2 rings (SSSR count). The average molecular weight is 354 g/mol. The Morgan fingerprint density at radius 3 is 2.40 bits per heavy atom.